The van der Waals surface area contributed by atoms with Gasteiger partial charge < -0.3 is 14.7 Å². The number of hydrogen-bond donors (Lipinski definition) is 1. The van der Waals surface area contributed by atoms with Crippen LogP contribution in [0.1, 0.15) is 45.1 Å². The van der Waals surface area contributed by atoms with Gasteiger partial charge in [-0.3, -0.25) is 4.79 Å². The molecule has 1 aliphatic heterocycles. The quantitative estimate of drug-likeness (QED) is 0.886. The summed E-state index contributed by atoms with van der Waals surface area (Å²) in [6, 6.07) is 7.00. The predicted octanol–water partition coefficient (Wildman–Crippen LogP) is 4.16. The maximum absolute atomic E-state index is 12.1. The monoisotopic (exact) mass is 353 g/mol. The van der Waals surface area contributed by atoms with Crippen LogP contribution in [0.5, 0.6) is 0 Å². The lowest BCUT2D eigenvalue weighted by atomic mass is 9.80. The van der Waals surface area contributed by atoms with Gasteiger partial charge in [0.05, 0.1) is 5.92 Å². The lowest BCUT2D eigenvalue weighted by Crippen LogP contribution is -2.43. The minimum Gasteiger partial charge on any atom is -0.481 e. The SMILES string of the molecule is CC(C)(C)OC(=O)N1CCC(C(C(=O)O)c2cccc(Cl)c2)CC1. The van der Waals surface area contributed by atoms with Gasteiger partial charge in [-0.15, -0.1) is 0 Å². The first-order valence-electron chi connectivity index (χ1n) is 8.13. The third-order valence-corrected chi connectivity index (χ3v) is 4.37. The average Bonchev–Trinajstić information content (AvgIpc) is 2.46. The zero-order valence-electron chi connectivity index (χ0n) is 14.3. The number of benzene rings is 1. The molecule has 1 aliphatic rings. The summed E-state index contributed by atoms with van der Waals surface area (Å²) in [5.41, 5.74) is 0.184. The fourth-order valence-corrected chi connectivity index (χ4v) is 3.26. The lowest BCUT2D eigenvalue weighted by Gasteiger charge is -2.35. The Morgan fingerprint density at radius 3 is 2.42 bits per heavy atom. The Morgan fingerprint density at radius 2 is 1.92 bits per heavy atom. The zero-order valence-corrected chi connectivity index (χ0v) is 15.0. The summed E-state index contributed by atoms with van der Waals surface area (Å²) >= 11 is 6.00. The molecule has 2 rings (SSSR count). The summed E-state index contributed by atoms with van der Waals surface area (Å²) < 4.78 is 5.37. The molecule has 0 radical (unpaired) electrons. The van der Waals surface area contributed by atoms with Gasteiger partial charge in [-0.2, -0.15) is 0 Å². The van der Waals surface area contributed by atoms with Crippen molar-refractivity contribution in [3.63, 3.8) is 0 Å². The Morgan fingerprint density at radius 1 is 1.29 bits per heavy atom. The summed E-state index contributed by atoms with van der Waals surface area (Å²) in [7, 11) is 0. The number of ether oxygens (including phenoxy) is 1. The van der Waals surface area contributed by atoms with Gasteiger partial charge in [0.2, 0.25) is 0 Å². The predicted molar refractivity (Wildman–Crippen MR) is 92.4 cm³/mol. The van der Waals surface area contributed by atoms with Gasteiger partial charge in [0, 0.05) is 18.1 Å². The molecule has 1 N–H and O–H groups in total. The molecular weight excluding hydrogens is 330 g/mol. The number of aliphatic carboxylic acids is 1. The van der Waals surface area contributed by atoms with E-state index in [1.807, 2.05) is 20.8 Å². The van der Waals surface area contributed by atoms with Crippen LogP contribution in [0.3, 0.4) is 0 Å². The van der Waals surface area contributed by atoms with Gasteiger partial charge in [0.15, 0.2) is 0 Å². The van der Waals surface area contributed by atoms with Crippen LogP contribution in [0.4, 0.5) is 4.79 Å². The highest BCUT2D eigenvalue weighted by Gasteiger charge is 2.34. The molecule has 1 unspecified atom stereocenters. The number of rotatable bonds is 3. The highest BCUT2D eigenvalue weighted by molar-refractivity contribution is 6.30. The van der Waals surface area contributed by atoms with Crippen LogP contribution in [-0.2, 0) is 9.53 Å². The van der Waals surface area contributed by atoms with Gasteiger partial charge in [-0.05, 0) is 57.2 Å². The molecular formula is C18H24ClNO4. The first-order valence-corrected chi connectivity index (χ1v) is 8.51. The highest BCUT2D eigenvalue weighted by atomic mass is 35.5. The topological polar surface area (TPSA) is 66.8 Å². The first kappa shape index (κ1) is 18.6. The molecule has 1 aromatic rings. The molecule has 1 saturated heterocycles. The van der Waals surface area contributed by atoms with Crippen molar-refractivity contribution in [2.75, 3.05) is 13.1 Å². The van der Waals surface area contributed by atoms with Crippen LogP contribution in [-0.4, -0.2) is 40.8 Å². The smallest absolute Gasteiger partial charge is 0.410 e. The third kappa shape index (κ3) is 4.87. The van der Waals surface area contributed by atoms with E-state index in [0.717, 1.165) is 0 Å². The summed E-state index contributed by atoms with van der Waals surface area (Å²) in [6.45, 7) is 6.50. The molecule has 0 aromatic heterocycles. The summed E-state index contributed by atoms with van der Waals surface area (Å²) in [5.74, 6) is -1.49. The van der Waals surface area contributed by atoms with Gasteiger partial charge in [-0.25, -0.2) is 4.79 Å². The number of carbonyl (C=O) groups is 2. The fourth-order valence-electron chi connectivity index (χ4n) is 3.06. The van der Waals surface area contributed by atoms with Crippen LogP contribution in [0.2, 0.25) is 5.02 Å². The number of likely N-dealkylation sites (tertiary alicyclic amines) is 1. The molecule has 0 bridgehead atoms. The highest BCUT2D eigenvalue weighted by Crippen LogP contribution is 2.34. The minimum absolute atomic E-state index is 0.0281. The lowest BCUT2D eigenvalue weighted by molar-refractivity contribution is -0.140. The first-order chi connectivity index (χ1) is 11.2. The van der Waals surface area contributed by atoms with Gasteiger partial charge in [0.1, 0.15) is 5.60 Å². The van der Waals surface area contributed by atoms with E-state index in [1.165, 1.54) is 0 Å². The molecule has 1 fully saturated rings. The summed E-state index contributed by atoms with van der Waals surface area (Å²) in [6.07, 6.45) is 0.918. The molecule has 6 heteroatoms. The number of nitrogens with zero attached hydrogens (tertiary/aromatic N) is 1. The van der Waals surface area contributed by atoms with Gasteiger partial charge >= 0.3 is 12.1 Å². The van der Waals surface area contributed by atoms with Crippen molar-refractivity contribution in [2.45, 2.75) is 45.1 Å². The van der Waals surface area contributed by atoms with E-state index in [4.69, 9.17) is 16.3 Å². The molecule has 5 nitrogen and oxygen atoms in total. The Hall–Kier alpha value is -1.75. The van der Waals surface area contributed by atoms with Crippen molar-refractivity contribution >= 4 is 23.7 Å². The van der Waals surface area contributed by atoms with Crippen molar-refractivity contribution in [3.8, 4) is 0 Å². The molecule has 0 aliphatic carbocycles. The maximum Gasteiger partial charge on any atom is 0.410 e. The van der Waals surface area contributed by atoms with E-state index in [2.05, 4.69) is 0 Å². The normalized spacial score (nSPS) is 17.4. The average molecular weight is 354 g/mol. The van der Waals surface area contributed by atoms with Gasteiger partial charge in [0.25, 0.3) is 0 Å². The molecule has 24 heavy (non-hydrogen) atoms. The van der Waals surface area contributed by atoms with Crippen molar-refractivity contribution < 1.29 is 19.4 Å². The van der Waals surface area contributed by atoms with Crippen LogP contribution >= 0.6 is 11.6 Å². The second-order valence-corrected chi connectivity index (χ2v) is 7.61. The minimum atomic E-state index is -0.854. The Kier molecular flexibility index (Phi) is 5.75. The maximum atomic E-state index is 12.1. The molecule has 0 saturated carbocycles. The van der Waals surface area contributed by atoms with Crippen LogP contribution in [0.15, 0.2) is 24.3 Å². The van der Waals surface area contributed by atoms with Crippen molar-refractivity contribution in [2.24, 2.45) is 5.92 Å². The Balaban J connectivity index is 2.04. The van der Waals surface area contributed by atoms with E-state index < -0.39 is 17.5 Å². The van der Waals surface area contributed by atoms with Crippen molar-refractivity contribution in [3.05, 3.63) is 34.9 Å². The van der Waals surface area contributed by atoms with E-state index in [0.29, 0.717) is 36.5 Å². The number of hydrogen-bond acceptors (Lipinski definition) is 3. The second kappa shape index (κ2) is 7.43. The van der Waals surface area contributed by atoms with E-state index in [1.54, 1.807) is 29.2 Å². The van der Waals surface area contributed by atoms with E-state index in [-0.39, 0.29) is 12.0 Å². The van der Waals surface area contributed by atoms with E-state index >= 15 is 0 Å². The summed E-state index contributed by atoms with van der Waals surface area (Å²) in [4.78, 5) is 25.5. The Labute approximate surface area is 147 Å². The summed E-state index contributed by atoms with van der Waals surface area (Å²) in [5, 5.41) is 10.2. The number of carbonyl (C=O) groups excluding carboxylic acids is 1. The molecule has 1 heterocycles. The second-order valence-electron chi connectivity index (χ2n) is 7.18. The van der Waals surface area contributed by atoms with Crippen LogP contribution < -0.4 is 0 Å². The number of amides is 1. The molecule has 1 aromatic carbocycles. The van der Waals surface area contributed by atoms with E-state index in [9.17, 15) is 14.7 Å². The van der Waals surface area contributed by atoms with Crippen molar-refractivity contribution in [1.29, 1.82) is 0 Å². The number of carboxylic acids is 1. The fraction of sp³-hybridized carbons (Fsp3) is 0.556. The largest absolute Gasteiger partial charge is 0.481 e. The number of halogens is 1. The number of carboxylic acid groups (broad SMARTS) is 1. The van der Waals surface area contributed by atoms with Crippen LogP contribution in [0, 0.1) is 5.92 Å². The third-order valence-electron chi connectivity index (χ3n) is 4.14. The van der Waals surface area contributed by atoms with Crippen molar-refractivity contribution in [1.82, 2.24) is 4.90 Å². The Bertz CT molecular complexity index is 603. The van der Waals surface area contributed by atoms with Gasteiger partial charge in [-0.1, -0.05) is 23.7 Å². The molecule has 1 atom stereocenters. The molecule has 132 valence electrons. The molecule has 0 spiro atoms. The molecule has 1 amide bonds. The zero-order chi connectivity index (χ0) is 17.9. The number of piperidine rings is 1. The standard InChI is InChI=1S/C18H24ClNO4/c1-18(2,3)24-17(23)20-9-7-12(8-10-20)15(16(21)22)13-5-4-6-14(19)11-13/h4-6,11-12,15H,7-10H2,1-3H3,(H,21,22). The van der Waals surface area contributed by atoms with Crippen LogP contribution in [0.25, 0.3) is 0 Å².